The van der Waals surface area contributed by atoms with Gasteiger partial charge in [-0.1, -0.05) is 96.3 Å². The van der Waals surface area contributed by atoms with Crippen molar-refractivity contribution in [2.24, 2.45) is 5.92 Å². The van der Waals surface area contributed by atoms with Crippen molar-refractivity contribution in [1.82, 2.24) is 0 Å². The van der Waals surface area contributed by atoms with Crippen LogP contribution in [0.5, 0.6) is 0 Å². The fourth-order valence-corrected chi connectivity index (χ4v) is 5.30. The average molecular weight is 510 g/mol. The van der Waals surface area contributed by atoms with Crippen LogP contribution < -0.4 is 0 Å². The fourth-order valence-electron chi connectivity index (χ4n) is 4.85. The Bertz CT molecular complexity index is 840. The second kappa shape index (κ2) is 17.2. The van der Waals surface area contributed by atoms with Gasteiger partial charge in [-0.3, -0.25) is 4.18 Å². The first-order valence-electron chi connectivity index (χ1n) is 13.8. The van der Waals surface area contributed by atoms with Crippen molar-refractivity contribution in [1.29, 1.82) is 0 Å². The van der Waals surface area contributed by atoms with E-state index in [2.05, 4.69) is 19.9 Å². The van der Waals surface area contributed by atoms with Gasteiger partial charge in [0.1, 0.15) is 6.54 Å². The first kappa shape index (κ1) is 29.9. The van der Waals surface area contributed by atoms with Crippen molar-refractivity contribution >= 4 is 16.6 Å². The highest BCUT2D eigenvalue weighted by molar-refractivity contribution is 7.80. The molecule has 2 atom stereocenters. The second-order valence-corrected chi connectivity index (χ2v) is 11.0. The third kappa shape index (κ3) is 13.6. The maximum absolute atomic E-state index is 11.4. The lowest BCUT2D eigenvalue weighted by molar-refractivity contribution is -0.532. The van der Waals surface area contributed by atoms with E-state index in [1.54, 1.807) is 0 Å². The number of benzene rings is 1. The summed E-state index contributed by atoms with van der Waals surface area (Å²) in [5, 5.41) is 0. The number of ether oxygens (including phenoxy) is 1. The molecule has 200 valence electrons. The molecule has 1 aliphatic rings. The Balaban J connectivity index is 1.85. The molecule has 1 heterocycles. The molecule has 2 unspecified atom stereocenters. The number of rotatable bonds is 20. The van der Waals surface area contributed by atoms with Crippen LogP contribution in [0.3, 0.4) is 0 Å². The SMILES string of the molecule is CCCCCCCCCC(CCCCC)COCC(C[N+]1=Cc2ccccc2CC1)OS(=O)(=O)[O-]. The number of fused-ring (bicyclic) bond motifs is 1. The molecule has 1 aliphatic heterocycles. The number of hydrogen-bond acceptors (Lipinski definition) is 5. The molecular weight excluding hydrogens is 462 g/mol. The third-order valence-corrected chi connectivity index (χ3v) is 7.33. The van der Waals surface area contributed by atoms with Gasteiger partial charge >= 0.3 is 0 Å². The van der Waals surface area contributed by atoms with Crippen LogP contribution in [0.2, 0.25) is 0 Å². The maximum atomic E-state index is 11.4. The van der Waals surface area contributed by atoms with E-state index in [9.17, 15) is 13.0 Å². The number of hydrogen-bond donors (Lipinski definition) is 0. The van der Waals surface area contributed by atoms with E-state index in [1.165, 1.54) is 69.8 Å². The summed E-state index contributed by atoms with van der Waals surface area (Å²) >= 11 is 0. The van der Waals surface area contributed by atoms with Crippen molar-refractivity contribution in [3.8, 4) is 0 Å². The van der Waals surface area contributed by atoms with Gasteiger partial charge in [-0.25, -0.2) is 13.0 Å². The number of unbranched alkanes of at least 4 members (excludes halogenated alkanes) is 8. The van der Waals surface area contributed by atoms with E-state index in [4.69, 9.17) is 8.92 Å². The Hall–Kier alpha value is -1.28. The van der Waals surface area contributed by atoms with Crippen LogP contribution in [0.25, 0.3) is 0 Å². The molecule has 6 nitrogen and oxygen atoms in total. The molecule has 0 radical (unpaired) electrons. The van der Waals surface area contributed by atoms with E-state index >= 15 is 0 Å². The Morgan fingerprint density at radius 1 is 0.914 bits per heavy atom. The van der Waals surface area contributed by atoms with E-state index in [0.717, 1.165) is 31.4 Å². The minimum atomic E-state index is -4.80. The molecule has 0 amide bonds. The first-order chi connectivity index (χ1) is 16.9. The molecule has 0 N–H and O–H groups in total. The van der Waals surface area contributed by atoms with Gasteiger partial charge in [0.2, 0.25) is 10.4 Å². The van der Waals surface area contributed by atoms with Gasteiger partial charge in [0.15, 0.2) is 18.9 Å². The third-order valence-electron chi connectivity index (χ3n) is 6.83. The summed E-state index contributed by atoms with van der Waals surface area (Å²) in [4.78, 5) is 0. The summed E-state index contributed by atoms with van der Waals surface area (Å²) in [6, 6.07) is 8.16. The second-order valence-electron chi connectivity index (χ2n) is 10.0. The van der Waals surface area contributed by atoms with Crippen LogP contribution in [0.15, 0.2) is 24.3 Å². The Morgan fingerprint density at radius 3 is 2.26 bits per heavy atom. The van der Waals surface area contributed by atoms with Crippen LogP contribution in [-0.2, 0) is 25.7 Å². The molecule has 0 spiro atoms. The van der Waals surface area contributed by atoms with Gasteiger partial charge in [-0.05, 0) is 30.4 Å². The summed E-state index contributed by atoms with van der Waals surface area (Å²) in [5.41, 5.74) is 2.39. The zero-order valence-corrected chi connectivity index (χ0v) is 22.8. The molecule has 0 saturated heterocycles. The van der Waals surface area contributed by atoms with Gasteiger partial charge in [0.25, 0.3) is 0 Å². The zero-order valence-electron chi connectivity index (χ0n) is 22.0. The van der Waals surface area contributed by atoms with Gasteiger partial charge < -0.3 is 9.29 Å². The van der Waals surface area contributed by atoms with Crippen LogP contribution in [0.1, 0.15) is 102 Å². The zero-order chi connectivity index (χ0) is 25.4. The quantitative estimate of drug-likeness (QED) is 0.0950. The lowest BCUT2D eigenvalue weighted by Crippen LogP contribution is -2.36. The van der Waals surface area contributed by atoms with Crippen molar-refractivity contribution in [2.45, 2.75) is 103 Å². The molecule has 35 heavy (non-hydrogen) atoms. The van der Waals surface area contributed by atoms with Gasteiger partial charge in [0, 0.05) is 18.6 Å². The largest absolute Gasteiger partial charge is 0.726 e. The summed E-state index contributed by atoms with van der Waals surface area (Å²) in [6.07, 6.45) is 17.0. The predicted octanol–water partition coefficient (Wildman–Crippen LogP) is 5.87. The first-order valence-corrected chi connectivity index (χ1v) is 15.1. The Morgan fingerprint density at radius 2 is 1.54 bits per heavy atom. The van der Waals surface area contributed by atoms with Gasteiger partial charge in [-0.2, -0.15) is 0 Å². The van der Waals surface area contributed by atoms with E-state index in [-0.39, 0.29) is 6.61 Å². The Kier molecular flexibility index (Phi) is 14.7. The highest BCUT2D eigenvalue weighted by atomic mass is 32.3. The monoisotopic (exact) mass is 509 g/mol. The fraction of sp³-hybridized carbons (Fsp3) is 0.750. The van der Waals surface area contributed by atoms with Crippen LogP contribution in [0.4, 0.5) is 0 Å². The van der Waals surface area contributed by atoms with Gasteiger partial charge in [-0.15, -0.1) is 0 Å². The topological polar surface area (TPSA) is 78.7 Å². The van der Waals surface area contributed by atoms with Gasteiger partial charge in [0.05, 0.1) is 6.61 Å². The van der Waals surface area contributed by atoms with Crippen LogP contribution in [0, 0.1) is 5.92 Å². The number of nitrogens with zero attached hydrogens (tertiary/aromatic N) is 1. The minimum Gasteiger partial charge on any atom is -0.726 e. The smallest absolute Gasteiger partial charge is 0.218 e. The molecule has 0 saturated carbocycles. The van der Waals surface area contributed by atoms with Crippen molar-refractivity contribution in [3.05, 3.63) is 35.4 Å². The minimum absolute atomic E-state index is 0.106. The lowest BCUT2D eigenvalue weighted by Gasteiger charge is -2.22. The standard InChI is InChI=1S/C28H47NO5S/c1-3-5-7-8-9-10-12-16-25(15-11-6-4-2)23-33-24-28(34-35(30,31)32)22-29-20-19-26-17-13-14-18-27(26)21-29/h13-14,17-18,21,25,28H,3-12,15-16,19-20,22-24H2,1-2H3. The highest BCUT2D eigenvalue weighted by Crippen LogP contribution is 2.20. The summed E-state index contributed by atoms with van der Waals surface area (Å²) in [6.45, 7) is 6.22. The highest BCUT2D eigenvalue weighted by Gasteiger charge is 2.23. The summed E-state index contributed by atoms with van der Waals surface area (Å²) in [5.74, 6) is 0.468. The summed E-state index contributed by atoms with van der Waals surface area (Å²) < 4.78 is 47.0. The molecule has 7 heteroatoms. The van der Waals surface area contributed by atoms with Crippen molar-refractivity contribution in [3.63, 3.8) is 0 Å². The van der Waals surface area contributed by atoms with E-state index < -0.39 is 16.5 Å². The molecule has 0 aromatic heterocycles. The normalized spacial score (nSPS) is 15.5. The molecular formula is C28H47NO5S. The summed E-state index contributed by atoms with van der Waals surface area (Å²) in [7, 11) is -4.80. The maximum Gasteiger partial charge on any atom is 0.218 e. The molecule has 0 fully saturated rings. The Labute approximate surface area is 214 Å². The molecule has 0 bridgehead atoms. The van der Waals surface area contributed by atoms with Crippen LogP contribution >= 0.6 is 0 Å². The average Bonchev–Trinajstić information content (AvgIpc) is 2.82. The van der Waals surface area contributed by atoms with Crippen LogP contribution in [-0.4, -0.2) is 56.2 Å². The van der Waals surface area contributed by atoms with Crippen molar-refractivity contribution in [2.75, 3.05) is 26.3 Å². The molecule has 1 aromatic rings. The molecule has 1 aromatic carbocycles. The molecule has 2 rings (SSSR count). The lowest BCUT2D eigenvalue weighted by atomic mass is 9.95. The van der Waals surface area contributed by atoms with E-state index in [0.29, 0.717) is 19.1 Å². The van der Waals surface area contributed by atoms with Crippen molar-refractivity contribution < 1.29 is 26.5 Å². The predicted molar refractivity (Wildman–Crippen MR) is 141 cm³/mol. The molecule has 0 aliphatic carbocycles. The van der Waals surface area contributed by atoms with E-state index in [1.807, 2.05) is 29.0 Å².